The topological polar surface area (TPSA) is 70.1 Å². The molecule has 1 amide bonds. The lowest BCUT2D eigenvalue weighted by atomic mass is 10.1. The van der Waals surface area contributed by atoms with E-state index in [9.17, 15) is 9.59 Å². The maximum absolute atomic E-state index is 12.9. The molecule has 1 heterocycles. The van der Waals surface area contributed by atoms with E-state index in [1.54, 1.807) is 22.8 Å². The van der Waals surface area contributed by atoms with Crippen LogP contribution in [0.3, 0.4) is 0 Å². The zero-order chi connectivity index (χ0) is 22.4. The number of halogens is 1. The highest BCUT2D eigenvalue weighted by molar-refractivity contribution is 7.71. The lowest BCUT2D eigenvalue weighted by molar-refractivity contribution is 0.0954. The number of H-pyrrole nitrogens is 1. The molecular weight excluding hydrogens is 432 g/mol. The summed E-state index contributed by atoms with van der Waals surface area (Å²) in [7, 11) is 0. The van der Waals surface area contributed by atoms with E-state index in [1.807, 2.05) is 24.3 Å². The van der Waals surface area contributed by atoms with E-state index < -0.39 is 0 Å². The maximum Gasteiger partial charge on any atom is 0.262 e. The van der Waals surface area contributed by atoms with Gasteiger partial charge in [0.2, 0.25) is 0 Å². The van der Waals surface area contributed by atoms with Crippen molar-refractivity contribution in [2.75, 3.05) is 26.2 Å². The van der Waals surface area contributed by atoms with Crippen LogP contribution in [0.15, 0.2) is 47.3 Å². The molecule has 0 saturated carbocycles. The highest BCUT2D eigenvalue weighted by atomic mass is 35.5. The van der Waals surface area contributed by atoms with Crippen molar-refractivity contribution in [2.45, 2.75) is 26.8 Å². The first-order valence-corrected chi connectivity index (χ1v) is 11.2. The van der Waals surface area contributed by atoms with Crippen molar-refractivity contribution in [1.82, 2.24) is 19.8 Å². The molecule has 0 unspecified atom stereocenters. The van der Waals surface area contributed by atoms with Gasteiger partial charge in [-0.15, -0.1) is 0 Å². The van der Waals surface area contributed by atoms with E-state index in [4.69, 9.17) is 23.8 Å². The minimum atomic E-state index is -0.194. The van der Waals surface area contributed by atoms with Gasteiger partial charge in [-0.1, -0.05) is 37.6 Å². The summed E-state index contributed by atoms with van der Waals surface area (Å²) in [5, 5.41) is 4.12. The molecule has 3 aromatic rings. The van der Waals surface area contributed by atoms with Crippen molar-refractivity contribution in [3.8, 4) is 0 Å². The summed E-state index contributed by atoms with van der Waals surface area (Å²) in [5.41, 5.74) is 2.01. The molecule has 0 saturated heterocycles. The molecule has 2 aromatic carbocycles. The Hall–Kier alpha value is -2.48. The number of nitrogens with one attached hydrogen (secondary N) is 2. The molecule has 0 radical (unpaired) electrons. The average Bonchev–Trinajstić information content (AvgIpc) is 2.77. The molecule has 0 bridgehead atoms. The summed E-state index contributed by atoms with van der Waals surface area (Å²) in [5.74, 6) is -0.194. The summed E-state index contributed by atoms with van der Waals surface area (Å²) >= 11 is 11.3. The average molecular weight is 459 g/mol. The maximum atomic E-state index is 12.9. The van der Waals surface area contributed by atoms with Crippen LogP contribution < -0.4 is 10.9 Å². The molecular formula is C23H27ClN4O2S. The highest BCUT2D eigenvalue weighted by Gasteiger charge is 2.11. The Morgan fingerprint density at radius 1 is 1.16 bits per heavy atom. The van der Waals surface area contributed by atoms with E-state index in [1.165, 1.54) is 0 Å². The number of aromatic amines is 1. The molecule has 8 heteroatoms. The summed E-state index contributed by atoms with van der Waals surface area (Å²) in [6.45, 7) is 7.81. The van der Waals surface area contributed by atoms with Crippen molar-refractivity contribution in [1.29, 1.82) is 0 Å². The lowest BCUT2D eigenvalue weighted by Crippen LogP contribution is -2.31. The van der Waals surface area contributed by atoms with Gasteiger partial charge in [-0.05, 0) is 67.6 Å². The lowest BCUT2D eigenvalue weighted by Gasteiger charge is -2.18. The molecule has 31 heavy (non-hydrogen) atoms. The first-order valence-electron chi connectivity index (χ1n) is 10.4. The zero-order valence-corrected chi connectivity index (χ0v) is 19.4. The third-order valence-electron chi connectivity index (χ3n) is 5.39. The second-order valence-corrected chi connectivity index (χ2v) is 8.13. The number of fused-ring (bicyclic) bond motifs is 1. The number of benzene rings is 2. The number of carbonyl (C=O) groups excluding carboxylic acids is 1. The van der Waals surface area contributed by atoms with Crippen LogP contribution in [0, 0.1) is 4.77 Å². The monoisotopic (exact) mass is 458 g/mol. The van der Waals surface area contributed by atoms with Gasteiger partial charge in [-0.2, -0.15) is 0 Å². The molecule has 0 spiro atoms. The number of carbonyl (C=O) groups is 1. The molecule has 0 fully saturated rings. The molecule has 6 nitrogen and oxygen atoms in total. The smallest absolute Gasteiger partial charge is 0.262 e. The van der Waals surface area contributed by atoms with Crippen LogP contribution in [-0.4, -0.2) is 46.5 Å². The normalized spacial score (nSPS) is 11.2. The van der Waals surface area contributed by atoms with Gasteiger partial charge in [-0.25, -0.2) is 0 Å². The quantitative estimate of drug-likeness (QED) is 0.475. The van der Waals surface area contributed by atoms with E-state index >= 15 is 0 Å². The molecule has 164 valence electrons. The summed E-state index contributed by atoms with van der Waals surface area (Å²) < 4.78 is 1.95. The second kappa shape index (κ2) is 10.7. The fourth-order valence-corrected chi connectivity index (χ4v) is 3.86. The fourth-order valence-electron chi connectivity index (χ4n) is 3.45. The second-order valence-electron chi connectivity index (χ2n) is 7.31. The van der Waals surface area contributed by atoms with Crippen LogP contribution in [0.4, 0.5) is 0 Å². The van der Waals surface area contributed by atoms with Gasteiger partial charge in [0.15, 0.2) is 4.77 Å². The number of nitrogens with zero attached hydrogens (tertiary/aromatic N) is 2. The summed E-state index contributed by atoms with van der Waals surface area (Å²) in [4.78, 5) is 30.8. The van der Waals surface area contributed by atoms with Crippen molar-refractivity contribution in [3.05, 3.63) is 73.7 Å². The third-order valence-corrected chi connectivity index (χ3v) is 5.97. The minimum Gasteiger partial charge on any atom is -0.352 e. The predicted molar refractivity (Wildman–Crippen MR) is 129 cm³/mol. The molecule has 0 aliphatic heterocycles. The van der Waals surface area contributed by atoms with Gasteiger partial charge in [0.1, 0.15) is 0 Å². The number of aromatic nitrogens is 2. The van der Waals surface area contributed by atoms with Crippen molar-refractivity contribution in [2.24, 2.45) is 0 Å². The van der Waals surface area contributed by atoms with E-state index in [0.717, 1.165) is 25.2 Å². The zero-order valence-electron chi connectivity index (χ0n) is 17.8. The molecule has 0 aliphatic carbocycles. The van der Waals surface area contributed by atoms with Crippen molar-refractivity contribution < 1.29 is 4.79 Å². The first-order chi connectivity index (χ1) is 14.9. The molecule has 1 aromatic heterocycles. The van der Waals surface area contributed by atoms with Gasteiger partial charge >= 0.3 is 0 Å². The minimum absolute atomic E-state index is 0.138. The van der Waals surface area contributed by atoms with E-state index in [0.29, 0.717) is 45.8 Å². The Bertz CT molecular complexity index is 1170. The van der Waals surface area contributed by atoms with E-state index in [-0.39, 0.29) is 11.5 Å². The van der Waals surface area contributed by atoms with Crippen LogP contribution >= 0.6 is 23.8 Å². The highest BCUT2D eigenvalue weighted by Crippen LogP contribution is 2.12. The van der Waals surface area contributed by atoms with E-state index in [2.05, 4.69) is 29.0 Å². The van der Waals surface area contributed by atoms with Crippen LogP contribution in [0.2, 0.25) is 5.02 Å². The summed E-state index contributed by atoms with van der Waals surface area (Å²) in [6, 6.07) is 12.6. The largest absolute Gasteiger partial charge is 0.352 e. The molecule has 0 aliphatic rings. The third kappa shape index (κ3) is 5.81. The molecule has 2 N–H and O–H groups in total. The Morgan fingerprint density at radius 2 is 1.87 bits per heavy atom. The SMILES string of the molecule is CCN(CC)CCn1c(=S)[nH]c2cc(C(=O)NCCc3ccc(Cl)cc3)ccc2c1=O. The van der Waals surface area contributed by atoms with Crippen LogP contribution in [-0.2, 0) is 13.0 Å². The van der Waals surface area contributed by atoms with Crippen LogP contribution in [0.25, 0.3) is 10.9 Å². The Labute approximate surface area is 191 Å². The van der Waals surface area contributed by atoms with Gasteiger partial charge in [0.25, 0.3) is 11.5 Å². The first kappa shape index (κ1) is 23.2. The summed E-state index contributed by atoms with van der Waals surface area (Å²) in [6.07, 6.45) is 0.705. The van der Waals surface area contributed by atoms with Crippen molar-refractivity contribution >= 4 is 40.6 Å². The number of amides is 1. The number of rotatable bonds is 9. The Kier molecular flexibility index (Phi) is 8.01. The van der Waals surface area contributed by atoms with Crippen LogP contribution in [0.1, 0.15) is 29.8 Å². The number of hydrogen-bond donors (Lipinski definition) is 2. The Morgan fingerprint density at radius 3 is 2.55 bits per heavy atom. The Balaban J connectivity index is 1.72. The molecule has 3 rings (SSSR count). The molecule has 0 atom stereocenters. The van der Waals surface area contributed by atoms with Crippen molar-refractivity contribution in [3.63, 3.8) is 0 Å². The number of likely N-dealkylation sites (N-methyl/N-ethyl adjacent to an activating group) is 1. The van der Waals surface area contributed by atoms with Gasteiger partial charge < -0.3 is 15.2 Å². The van der Waals surface area contributed by atoms with Gasteiger partial charge in [0, 0.05) is 30.2 Å². The van der Waals surface area contributed by atoms with Gasteiger partial charge in [-0.3, -0.25) is 14.2 Å². The van der Waals surface area contributed by atoms with Crippen LogP contribution in [0.5, 0.6) is 0 Å². The standard InChI is InChI=1S/C23H27ClN4O2S/c1-3-27(4-2)13-14-28-22(30)19-10-7-17(15-20(19)26-23(28)31)21(29)25-12-11-16-5-8-18(24)9-6-16/h5-10,15H,3-4,11-14H2,1-2H3,(H,25,29)(H,26,31). The fraction of sp³-hybridized carbons (Fsp3) is 0.348. The number of hydrogen-bond acceptors (Lipinski definition) is 4. The van der Waals surface area contributed by atoms with Gasteiger partial charge in [0.05, 0.1) is 10.9 Å². The predicted octanol–water partition coefficient (Wildman–Crippen LogP) is 4.03.